The molecule has 5 heteroatoms. The maximum Gasteiger partial charge on any atom is 0.127 e. The Balaban J connectivity index is 1.10. The second-order valence-electron chi connectivity index (χ2n) is 13.1. The minimum absolute atomic E-state index is 0.0911. The molecule has 5 nitrogen and oxygen atoms in total. The fraction of sp³-hybridized carbons (Fsp3) is 0.333. The molecule has 4 aromatic carbocycles. The first-order valence-corrected chi connectivity index (χ1v) is 14.7. The van der Waals surface area contributed by atoms with Gasteiger partial charge in [0, 0.05) is 45.2 Å². The van der Waals surface area contributed by atoms with Crippen LogP contribution < -0.4 is 24.8 Å². The number of para-hydroxylation sites is 2. The number of rotatable bonds is 2. The zero-order chi connectivity index (χ0) is 27.9. The first kappa shape index (κ1) is 24.7. The SMILES string of the molecule is CC1(C)c2cc(Oc3ccc4c(c3)C(C)(C)[C@@H]3COc5ccccc5[C@@H]3N4)ccc2N[C@@H]2c3ccccc3OC[C@H]21. The fourth-order valence-corrected chi connectivity index (χ4v) is 7.69. The van der Waals surface area contributed by atoms with E-state index in [0.29, 0.717) is 25.0 Å². The van der Waals surface area contributed by atoms with Gasteiger partial charge >= 0.3 is 0 Å². The van der Waals surface area contributed by atoms with Crippen molar-refractivity contribution in [1.29, 1.82) is 0 Å². The average molecular weight is 545 g/mol. The number of benzene rings is 4. The standard InChI is InChI=1S/C36H36N2O3/c1-35(2)25-17-21(13-15-29(25)37-33-23-9-5-7-11-31(23)39-19-27(33)35)41-22-14-16-30-26(18-22)36(3,4)28-20-40-32-12-8-6-10-24(32)34(28)38-30/h5-18,27-28,33-34,37-38H,19-20H2,1-4H3/t27-,28-,33-,34+/m1/s1. The van der Waals surface area contributed by atoms with Gasteiger partial charge in [-0.05, 0) is 59.7 Å². The zero-order valence-electron chi connectivity index (χ0n) is 24.0. The molecule has 0 saturated carbocycles. The zero-order valence-corrected chi connectivity index (χ0v) is 24.0. The third-order valence-electron chi connectivity index (χ3n) is 10.2. The molecule has 0 bridgehead atoms. The quantitative estimate of drug-likeness (QED) is 0.265. The van der Waals surface area contributed by atoms with Gasteiger partial charge in [-0.25, -0.2) is 0 Å². The van der Waals surface area contributed by atoms with Crippen LogP contribution in [-0.2, 0) is 10.8 Å². The number of hydrogen-bond acceptors (Lipinski definition) is 5. The van der Waals surface area contributed by atoms with E-state index in [-0.39, 0.29) is 22.9 Å². The smallest absolute Gasteiger partial charge is 0.127 e. The molecule has 0 aliphatic carbocycles. The molecule has 0 unspecified atom stereocenters. The van der Waals surface area contributed by atoms with Gasteiger partial charge in [0.25, 0.3) is 0 Å². The lowest BCUT2D eigenvalue weighted by Gasteiger charge is -2.48. The Labute approximate surface area is 241 Å². The minimum Gasteiger partial charge on any atom is -0.493 e. The van der Waals surface area contributed by atoms with Crippen LogP contribution in [0.15, 0.2) is 84.9 Å². The van der Waals surface area contributed by atoms with Crippen LogP contribution in [0.1, 0.15) is 62.0 Å². The van der Waals surface area contributed by atoms with Gasteiger partial charge in [-0.3, -0.25) is 0 Å². The monoisotopic (exact) mass is 544 g/mol. The summed E-state index contributed by atoms with van der Waals surface area (Å²) in [6.45, 7) is 10.7. The van der Waals surface area contributed by atoms with Gasteiger partial charge in [0.05, 0.1) is 25.3 Å². The number of nitrogens with one attached hydrogen (secondary N) is 2. The topological polar surface area (TPSA) is 51.8 Å². The third-order valence-corrected chi connectivity index (χ3v) is 10.2. The summed E-state index contributed by atoms with van der Waals surface area (Å²) in [4.78, 5) is 0. The Morgan fingerprint density at radius 1 is 0.610 bits per heavy atom. The van der Waals surface area contributed by atoms with Crippen LogP contribution in [0.3, 0.4) is 0 Å². The van der Waals surface area contributed by atoms with Crippen molar-refractivity contribution in [3.05, 3.63) is 107 Å². The van der Waals surface area contributed by atoms with E-state index >= 15 is 0 Å². The summed E-state index contributed by atoms with van der Waals surface area (Å²) in [5.41, 5.74) is 7.15. The lowest BCUT2D eigenvalue weighted by Crippen LogP contribution is -2.46. The fourth-order valence-electron chi connectivity index (χ4n) is 7.69. The molecule has 2 N–H and O–H groups in total. The van der Waals surface area contributed by atoms with E-state index in [1.165, 1.54) is 33.6 Å². The summed E-state index contributed by atoms with van der Waals surface area (Å²) >= 11 is 0. The van der Waals surface area contributed by atoms with E-state index in [0.717, 1.165) is 23.0 Å². The molecule has 0 fully saturated rings. The van der Waals surface area contributed by atoms with Gasteiger partial charge in [-0.2, -0.15) is 0 Å². The maximum atomic E-state index is 6.56. The first-order valence-electron chi connectivity index (χ1n) is 14.7. The van der Waals surface area contributed by atoms with Crippen molar-refractivity contribution in [2.45, 2.75) is 50.6 Å². The van der Waals surface area contributed by atoms with Gasteiger partial charge in [0.1, 0.15) is 23.0 Å². The summed E-state index contributed by atoms with van der Waals surface area (Å²) in [6.07, 6.45) is 0. The number of hydrogen-bond donors (Lipinski definition) is 2. The minimum atomic E-state index is -0.0911. The predicted octanol–water partition coefficient (Wildman–Crippen LogP) is 8.38. The second-order valence-corrected chi connectivity index (χ2v) is 13.1. The van der Waals surface area contributed by atoms with E-state index in [4.69, 9.17) is 14.2 Å². The molecule has 4 aliphatic rings. The molecular formula is C36H36N2O3. The highest BCUT2D eigenvalue weighted by molar-refractivity contribution is 5.65. The van der Waals surface area contributed by atoms with Crippen molar-refractivity contribution in [3.8, 4) is 23.0 Å². The Kier molecular flexibility index (Phi) is 5.23. The molecule has 4 atom stereocenters. The van der Waals surface area contributed by atoms with Crippen LogP contribution in [0.25, 0.3) is 0 Å². The predicted molar refractivity (Wildman–Crippen MR) is 163 cm³/mol. The van der Waals surface area contributed by atoms with Crippen LogP contribution >= 0.6 is 0 Å². The lowest BCUT2D eigenvalue weighted by atomic mass is 9.65. The molecule has 0 radical (unpaired) electrons. The number of anilines is 2. The second kappa shape index (κ2) is 8.69. The highest BCUT2D eigenvalue weighted by atomic mass is 16.5. The van der Waals surface area contributed by atoms with Crippen molar-refractivity contribution >= 4 is 11.4 Å². The van der Waals surface area contributed by atoms with E-state index in [2.05, 4.69) is 111 Å². The Morgan fingerprint density at radius 2 is 1.05 bits per heavy atom. The van der Waals surface area contributed by atoms with Crippen LogP contribution in [0.4, 0.5) is 11.4 Å². The normalized spacial score (nSPS) is 25.6. The van der Waals surface area contributed by atoms with Crippen molar-refractivity contribution < 1.29 is 14.2 Å². The summed E-state index contributed by atoms with van der Waals surface area (Å²) in [6, 6.07) is 30.2. The first-order chi connectivity index (χ1) is 19.8. The summed E-state index contributed by atoms with van der Waals surface area (Å²) < 4.78 is 19.0. The van der Waals surface area contributed by atoms with Crippen molar-refractivity contribution in [3.63, 3.8) is 0 Å². The van der Waals surface area contributed by atoms with Crippen LogP contribution in [0.2, 0.25) is 0 Å². The molecular weight excluding hydrogens is 508 g/mol. The van der Waals surface area contributed by atoms with E-state index in [1.54, 1.807) is 0 Å². The number of ether oxygens (including phenoxy) is 3. The average Bonchev–Trinajstić information content (AvgIpc) is 2.98. The van der Waals surface area contributed by atoms with E-state index in [9.17, 15) is 0 Å². The highest BCUT2D eigenvalue weighted by Crippen LogP contribution is 2.54. The molecule has 4 aromatic rings. The van der Waals surface area contributed by atoms with Crippen LogP contribution in [0.5, 0.6) is 23.0 Å². The molecule has 4 aliphatic heterocycles. The molecule has 4 heterocycles. The molecule has 0 amide bonds. The molecule has 208 valence electrons. The highest BCUT2D eigenvalue weighted by Gasteiger charge is 2.48. The van der Waals surface area contributed by atoms with E-state index < -0.39 is 0 Å². The van der Waals surface area contributed by atoms with Crippen LogP contribution in [0, 0.1) is 11.8 Å². The molecule has 0 aromatic heterocycles. The number of fused-ring (bicyclic) bond motifs is 8. The van der Waals surface area contributed by atoms with Gasteiger partial charge in [-0.1, -0.05) is 64.1 Å². The van der Waals surface area contributed by atoms with Gasteiger partial charge in [0.15, 0.2) is 0 Å². The lowest BCUT2D eigenvalue weighted by molar-refractivity contribution is 0.135. The summed E-state index contributed by atoms with van der Waals surface area (Å²) in [7, 11) is 0. The van der Waals surface area contributed by atoms with Crippen molar-refractivity contribution in [2.75, 3.05) is 23.8 Å². The largest absolute Gasteiger partial charge is 0.493 e. The Hall–Kier alpha value is -4.12. The van der Waals surface area contributed by atoms with Crippen molar-refractivity contribution in [2.24, 2.45) is 11.8 Å². The Bertz CT molecular complexity index is 1550. The molecule has 8 rings (SSSR count). The van der Waals surface area contributed by atoms with Gasteiger partial charge in [-0.15, -0.1) is 0 Å². The van der Waals surface area contributed by atoms with Crippen molar-refractivity contribution in [1.82, 2.24) is 0 Å². The van der Waals surface area contributed by atoms with Gasteiger partial charge in [0.2, 0.25) is 0 Å². The molecule has 0 saturated heterocycles. The molecule has 41 heavy (non-hydrogen) atoms. The summed E-state index contributed by atoms with van der Waals surface area (Å²) in [5, 5.41) is 7.66. The van der Waals surface area contributed by atoms with Crippen LogP contribution in [-0.4, -0.2) is 13.2 Å². The third kappa shape index (κ3) is 3.67. The van der Waals surface area contributed by atoms with E-state index in [1.807, 2.05) is 12.1 Å². The Morgan fingerprint density at radius 3 is 1.51 bits per heavy atom. The summed E-state index contributed by atoms with van der Waals surface area (Å²) in [5.74, 6) is 4.30. The van der Waals surface area contributed by atoms with Gasteiger partial charge < -0.3 is 24.8 Å². The maximum absolute atomic E-state index is 6.56. The molecule has 0 spiro atoms.